The van der Waals surface area contributed by atoms with Gasteiger partial charge in [-0.25, -0.2) is 14.5 Å². The summed E-state index contributed by atoms with van der Waals surface area (Å²) in [5.74, 6) is 0.196. The Labute approximate surface area is 156 Å². The fraction of sp³-hybridized carbons (Fsp3) is 0.211. The Morgan fingerprint density at radius 2 is 2.00 bits per heavy atom. The predicted octanol–water partition coefficient (Wildman–Crippen LogP) is 3.85. The van der Waals surface area contributed by atoms with Crippen molar-refractivity contribution < 1.29 is 14.3 Å². The van der Waals surface area contributed by atoms with Crippen LogP contribution in [0.1, 0.15) is 27.6 Å². The Hall–Kier alpha value is -2.86. The summed E-state index contributed by atoms with van der Waals surface area (Å²) in [6.07, 6.45) is 2.48. The summed E-state index contributed by atoms with van der Waals surface area (Å²) in [5, 5.41) is 4.70. The standard InChI is InChI=1S/C19H18ClN3O3/c1-13-3-4-15(9-17(13)25-2)19(24)26-18(10-23-12-21-11-22-23)14-5-7-16(20)8-6-14/h3-9,11-12,18H,10H2,1-2H3. The van der Waals surface area contributed by atoms with E-state index in [-0.39, 0.29) is 0 Å². The van der Waals surface area contributed by atoms with Crippen molar-refractivity contribution >= 4 is 17.6 Å². The van der Waals surface area contributed by atoms with Gasteiger partial charge < -0.3 is 9.47 Å². The molecule has 0 radical (unpaired) electrons. The van der Waals surface area contributed by atoms with E-state index in [1.165, 1.54) is 6.33 Å². The van der Waals surface area contributed by atoms with Crippen LogP contribution in [0.15, 0.2) is 55.1 Å². The third-order valence-electron chi connectivity index (χ3n) is 3.95. The number of ether oxygens (including phenoxy) is 2. The Morgan fingerprint density at radius 3 is 2.65 bits per heavy atom. The van der Waals surface area contributed by atoms with Crippen molar-refractivity contribution in [2.75, 3.05) is 7.11 Å². The molecular weight excluding hydrogens is 354 g/mol. The van der Waals surface area contributed by atoms with Crippen LogP contribution in [0.4, 0.5) is 0 Å². The van der Waals surface area contributed by atoms with Crippen LogP contribution in [0.2, 0.25) is 5.02 Å². The average Bonchev–Trinajstić information content (AvgIpc) is 3.15. The zero-order chi connectivity index (χ0) is 18.5. The van der Waals surface area contributed by atoms with E-state index in [1.54, 1.807) is 42.4 Å². The molecule has 6 nitrogen and oxygen atoms in total. The Morgan fingerprint density at radius 1 is 1.23 bits per heavy atom. The molecule has 0 aliphatic carbocycles. The number of aromatic nitrogens is 3. The molecule has 3 rings (SSSR count). The molecule has 26 heavy (non-hydrogen) atoms. The van der Waals surface area contributed by atoms with E-state index in [1.807, 2.05) is 25.1 Å². The molecule has 0 aliphatic rings. The van der Waals surface area contributed by atoms with Crippen LogP contribution in [0.5, 0.6) is 5.75 Å². The molecule has 0 amide bonds. The monoisotopic (exact) mass is 371 g/mol. The van der Waals surface area contributed by atoms with Gasteiger partial charge in [0.25, 0.3) is 0 Å². The second-order valence-corrected chi connectivity index (χ2v) is 6.18. The van der Waals surface area contributed by atoms with Crippen LogP contribution < -0.4 is 4.74 Å². The highest BCUT2D eigenvalue weighted by Crippen LogP contribution is 2.25. The number of hydrogen-bond donors (Lipinski definition) is 0. The molecule has 3 aromatic rings. The molecular formula is C19H18ClN3O3. The number of aryl methyl sites for hydroxylation is 1. The molecule has 0 N–H and O–H groups in total. The minimum absolute atomic E-state index is 0.344. The van der Waals surface area contributed by atoms with Crippen molar-refractivity contribution in [3.63, 3.8) is 0 Å². The topological polar surface area (TPSA) is 66.2 Å². The van der Waals surface area contributed by atoms with Gasteiger partial charge in [-0.3, -0.25) is 0 Å². The van der Waals surface area contributed by atoms with Crippen molar-refractivity contribution in [2.24, 2.45) is 0 Å². The molecule has 0 aliphatic heterocycles. The fourth-order valence-electron chi connectivity index (χ4n) is 2.53. The summed E-state index contributed by atoms with van der Waals surface area (Å²) in [6, 6.07) is 12.4. The van der Waals surface area contributed by atoms with Gasteiger partial charge in [0, 0.05) is 5.02 Å². The lowest BCUT2D eigenvalue weighted by Gasteiger charge is -2.19. The van der Waals surface area contributed by atoms with Gasteiger partial charge in [-0.15, -0.1) is 0 Å². The van der Waals surface area contributed by atoms with E-state index < -0.39 is 12.1 Å². The normalized spacial score (nSPS) is 11.8. The third-order valence-corrected chi connectivity index (χ3v) is 4.21. The van der Waals surface area contributed by atoms with Gasteiger partial charge in [0.15, 0.2) is 0 Å². The van der Waals surface area contributed by atoms with Gasteiger partial charge in [0.2, 0.25) is 0 Å². The van der Waals surface area contributed by atoms with E-state index in [0.29, 0.717) is 22.9 Å². The third kappa shape index (κ3) is 4.21. The van der Waals surface area contributed by atoms with Crippen LogP contribution in [0.3, 0.4) is 0 Å². The van der Waals surface area contributed by atoms with Gasteiger partial charge in [-0.2, -0.15) is 5.10 Å². The summed E-state index contributed by atoms with van der Waals surface area (Å²) in [4.78, 5) is 16.6. The summed E-state index contributed by atoms with van der Waals surface area (Å²) < 4.78 is 12.6. The molecule has 0 fully saturated rings. The predicted molar refractivity (Wildman–Crippen MR) is 97.4 cm³/mol. The molecule has 0 saturated heterocycles. The maximum Gasteiger partial charge on any atom is 0.338 e. The SMILES string of the molecule is COc1cc(C(=O)OC(Cn2cncn2)c2ccc(Cl)cc2)ccc1C. The number of benzene rings is 2. The highest BCUT2D eigenvalue weighted by Gasteiger charge is 2.20. The Kier molecular flexibility index (Phi) is 5.53. The van der Waals surface area contributed by atoms with Crippen LogP contribution in [0.25, 0.3) is 0 Å². The van der Waals surface area contributed by atoms with Gasteiger partial charge in [0.05, 0.1) is 19.2 Å². The molecule has 0 spiro atoms. The van der Waals surface area contributed by atoms with Crippen molar-refractivity contribution in [1.29, 1.82) is 0 Å². The molecule has 2 aromatic carbocycles. The first kappa shape index (κ1) is 17.9. The molecule has 134 valence electrons. The second-order valence-electron chi connectivity index (χ2n) is 5.75. The van der Waals surface area contributed by atoms with Crippen LogP contribution >= 0.6 is 11.6 Å². The maximum atomic E-state index is 12.7. The minimum Gasteiger partial charge on any atom is -0.496 e. The molecule has 1 atom stereocenters. The maximum absolute atomic E-state index is 12.7. The summed E-state index contributed by atoms with van der Waals surface area (Å²) in [7, 11) is 1.57. The average molecular weight is 372 g/mol. The highest BCUT2D eigenvalue weighted by molar-refractivity contribution is 6.30. The first-order valence-corrected chi connectivity index (χ1v) is 8.38. The van der Waals surface area contributed by atoms with Gasteiger partial charge in [0.1, 0.15) is 24.5 Å². The van der Waals surface area contributed by atoms with E-state index in [4.69, 9.17) is 21.1 Å². The van der Waals surface area contributed by atoms with E-state index in [2.05, 4.69) is 10.1 Å². The first-order chi connectivity index (χ1) is 12.6. The Balaban J connectivity index is 1.84. The van der Waals surface area contributed by atoms with Crippen molar-refractivity contribution in [2.45, 2.75) is 19.6 Å². The number of methoxy groups -OCH3 is 1. The van der Waals surface area contributed by atoms with Crippen LogP contribution in [0, 0.1) is 6.92 Å². The molecule has 0 saturated carbocycles. The number of carbonyl (C=O) groups excluding carboxylic acids is 1. The lowest BCUT2D eigenvalue weighted by atomic mass is 10.1. The Bertz CT molecular complexity index is 880. The van der Waals surface area contributed by atoms with E-state index >= 15 is 0 Å². The fourth-order valence-corrected chi connectivity index (χ4v) is 2.66. The summed E-state index contributed by atoms with van der Waals surface area (Å²) >= 11 is 5.96. The lowest BCUT2D eigenvalue weighted by Crippen LogP contribution is -2.17. The number of nitrogens with zero attached hydrogens (tertiary/aromatic N) is 3. The molecule has 1 aromatic heterocycles. The largest absolute Gasteiger partial charge is 0.496 e. The van der Waals surface area contributed by atoms with Gasteiger partial charge in [-0.1, -0.05) is 29.8 Å². The van der Waals surface area contributed by atoms with Crippen molar-refractivity contribution in [3.8, 4) is 5.75 Å². The lowest BCUT2D eigenvalue weighted by molar-refractivity contribution is 0.0246. The molecule has 7 heteroatoms. The quantitative estimate of drug-likeness (QED) is 0.616. The summed E-state index contributed by atoms with van der Waals surface area (Å²) in [5.41, 5.74) is 2.18. The number of hydrogen-bond acceptors (Lipinski definition) is 5. The number of halogens is 1. The summed E-state index contributed by atoms with van der Waals surface area (Å²) in [6.45, 7) is 2.26. The molecule has 0 bridgehead atoms. The second kappa shape index (κ2) is 8.01. The molecule has 1 unspecified atom stereocenters. The van der Waals surface area contributed by atoms with E-state index in [0.717, 1.165) is 11.1 Å². The minimum atomic E-state index is -0.534. The van der Waals surface area contributed by atoms with Gasteiger partial charge >= 0.3 is 5.97 Å². The highest BCUT2D eigenvalue weighted by atomic mass is 35.5. The number of carbonyl (C=O) groups is 1. The van der Waals surface area contributed by atoms with Crippen molar-refractivity contribution in [3.05, 3.63) is 76.8 Å². The van der Waals surface area contributed by atoms with Gasteiger partial charge in [-0.05, 0) is 42.3 Å². The van der Waals surface area contributed by atoms with Crippen LogP contribution in [-0.2, 0) is 11.3 Å². The van der Waals surface area contributed by atoms with E-state index in [9.17, 15) is 4.79 Å². The number of esters is 1. The zero-order valence-electron chi connectivity index (χ0n) is 14.4. The van der Waals surface area contributed by atoms with Crippen molar-refractivity contribution in [1.82, 2.24) is 14.8 Å². The number of rotatable bonds is 6. The smallest absolute Gasteiger partial charge is 0.338 e. The first-order valence-electron chi connectivity index (χ1n) is 8.00. The zero-order valence-corrected chi connectivity index (χ0v) is 15.2. The van der Waals surface area contributed by atoms with Crippen LogP contribution in [-0.4, -0.2) is 27.8 Å². The molecule has 1 heterocycles.